The molecule has 0 unspecified atom stereocenters. The van der Waals surface area contributed by atoms with Crippen LogP contribution in [0.15, 0.2) is 12.1 Å². The molecule has 0 aliphatic rings. The quantitative estimate of drug-likeness (QED) is 0.469. The molecule has 92 valence electrons. The van der Waals surface area contributed by atoms with E-state index in [0.717, 1.165) is 0 Å². The van der Waals surface area contributed by atoms with Gasteiger partial charge in [0.2, 0.25) is 0 Å². The highest BCUT2D eigenvalue weighted by Crippen LogP contribution is 2.33. The van der Waals surface area contributed by atoms with Crippen molar-refractivity contribution in [3.63, 3.8) is 0 Å². The maximum Gasteiger partial charge on any atom is 0.316 e. The van der Waals surface area contributed by atoms with Gasteiger partial charge in [-0.2, -0.15) is 0 Å². The molecule has 5 heteroatoms. The zero-order chi connectivity index (χ0) is 13.2. The molecule has 0 aliphatic heterocycles. The molecular weight excluding hydrogens is 263 g/mol. The van der Waals surface area contributed by atoms with E-state index >= 15 is 0 Å². The molecule has 3 nitrogen and oxygen atoms in total. The van der Waals surface area contributed by atoms with E-state index < -0.39 is 11.4 Å². The molecule has 0 amide bonds. The van der Waals surface area contributed by atoms with Crippen LogP contribution in [0, 0.1) is 5.41 Å². The standard InChI is InChI=1S/C12H12Cl2O3/c1-12(2,3)11(16)17-10-7(6-15)4-8(13)5-9(10)14/h4-6H,1-3H3. The smallest absolute Gasteiger partial charge is 0.316 e. The van der Waals surface area contributed by atoms with Crippen molar-refractivity contribution >= 4 is 35.5 Å². The van der Waals surface area contributed by atoms with Crippen LogP contribution in [0.2, 0.25) is 10.0 Å². The molecule has 17 heavy (non-hydrogen) atoms. The van der Waals surface area contributed by atoms with Crippen molar-refractivity contribution in [1.29, 1.82) is 0 Å². The topological polar surface area (TPSA) is 43.4 Å². The zero-order valence-electron chi connectivity index (χ0n) is 9.71. The Kier molecular flexibility index (Phi) is 4.17. The first-order valence-electron chi connectivity index (χ1n) is 4.92. The van der Waals surface area contributed by atoms with Crippen molar-refractivity contribution in [3.8, 4) is 5.75 Å². The predicted octanol–water partition coefficient (Wildman–Crippen LogP) is 3.76. The summed E-state index contributed by atoms with van der Waals surface area (Å²) in [4.78, 5) is 22.6. The Balaban J connectivity index is 3.15. The van der Waals surface area contributed by atoms with Crippen LogP contribution in [0.1, 0.15) is 31.1 Å². The highest BCUT2D eigenvalue weighted by Gasteiger charge is 2.25. The van der Waals surface area contributed by atoms with Crippen LogP contribution in [0.25, 0.3) is 0 Å². The number of hydrogen-bond acceptors (Lipinski definition) is 3. The van der Waals surface area contributed by atoms with E-state index in [1.54, 1.807) is 20.8 Å². The molecule has 1 aromatic carbocycles. The van der Waals surface area contributed by atoms with Crippen LogP contribution in [-0.4, -0.2) is 12.3 Å². The lowest BCUT2D eigenvalue weighted by Gasteiger charge is -2.17. The second-order valence-corrected chi connectivity index (χ2v) is 5.41. The number of halogens is 2. The predicted molar refractivity (Wildman–Crippen MR) is 66.9 cm³/mol. The Morgan fingerprint density at radius 1 is 1.29 bits per heavy atom. The Bertz CT molecular complexity index is 462. The van der Waals surface area contributed by atoms with Gasteiger partial charge >= 0.3 is 5.97 Å². The van der Waals surface area contributed by atoms with E-state index in [-0.39, 0.29) is 16.3 Å². The van der Waals surface area contributed by atoms with E-state index in [0.29, 0.717) is 11.3 Å². The number of rotatable bonds is 2. The van der Waals surface area contributed by atoms with Crippen molar-refractivity contribution in [1.82, 2.24) is 0 Å². The molecule has 0 saturated heterocycles. The molecule has 0 radical (unpaired) electrons. The molecule has 0 bridgehead atoms. The highest BCUT2D eigenvalue weighted by atomic mass is 35.5. The molecule has 0 atom stereocenters. The van der Waals surface area contributed by atoms with Gasteiger partial charge < -0.3 is 4.74 Å². The van der Waals surface area contributed by atoms with Crippen molar-refractivity contribution in [2.45, 2.75) is 20.8 Å². The summed E-state index contributed by atoms with van der Waals surface area (Å²) >= 11 is 11.6. The van der Waals surface area contributed by atoms with Gasteiger partial charge in [-0.15, -0.1) is 0 Å². The first kappa shape index (κ1) is 14.0. The van der Waals surface area contributed by atoms with Crippen LogP contribution in [0.3, 0.4) is 0 Å². The van der Waals surface area contributed by atoms with Crippen molar-refractivity contribution in [2.24, 2.45) is 5.41 Å². The summed E-state index contributed by atoms with van der Waals surface area (Å²) in [6, 6.07) is 2.81. The van der Waals surface area contributed by atoms with E-state index in [2.05, 4.69) is 0 Å². The second-order valence-electron chi connectivity index (χ2n) is 4.56. The number of aldehydes is 1. The second kappa shape index (κ2) is 5.07. The summed E-state index contributed by atoms with van der Waals surface area (Å²) in [6.45, 7) is 5.12. The van der Waals surface area contributed by atoms with Crippen molar-refractivity contribution in [3.05, 3.63) is 27.7 Å². The van der Waals surface area contributed by atoms with Crippen LogP contribution in [0.4, 0.5) is 0 Å². The van der Waals surface area contributed by atoms with E-state index in [1.165, 1.54) is 12.1 Å². The minimum Gasteiger partial charge on any atom is -0.424 e. The fraction of sp³-hybridized carbons (Fsp3) is 0.333. The molecular formula is C12H12Cl2O3. The molecule has 1 rings (SSSR count). The third-order valence-electron chi connectivity index (χ3n) is 1.97. The van der Waals surface area contributed by atoms with E-state index in [4.69, 9.17) is 27.9 Å². The van der Waals surface area contributed by atoms with E-state index in [1.807, 2.05) is 0 Å². The average Bonchev–Trinajstić information content (AvgIpc) is 2.19. The van der Waals surface area contributed by atoms with Gasteiger partial charge in [0.1, 0.15) is 0 Å². The summed E-state index contributed by atoms with van der Waals surface area (Å²) in [5.41, 5.74) is -0.525. The molecule has 0 N–H and O–H groups in total. The average molecular weight is 275 g/mol. The Morgan fingerprint density at radius 2 is 1.88 bits per heavy atom. The lowest BCUT2D eigenvalue weighted by atomic mass is 9.97. The molecule has 0 fully saturated rings. The molecule has 0 saturated carbocycles. The van der Waals surface area contributed by atoms with Crippen LogP contribution >= 0.6 is 23.2 Å². The molecule has 0 aliphatic carbocycles. The van der Waals surface area contributed by atoms with Crippen LogP contribution in [0.5, 0.6) is 5.75 Å². The Hall–Kier alpha value is -1.06. The molecule has 0 heterocycles. The monoisotopic (exact) mass is 274 g/mol. The van der Waals surface area contributed by atoms with Crippen molar-refractivity contribution in [2.75, 3.05) is 0 Å². The molecule has 0 spiro atoms. The Morgan fingerprint density at radius 3 is 2.35 bits per heavy atom. The third-order valence-corrected chi connectivity index (χ3v) is 2.47. The van der Waals surface area contributed by atoms with Crippen molar-refractivity contribution < 1.29 is 14.3 Å². The Labute approximate surface area is 110 Å². The zero-order valence-corrected chi connectivity index (χ0v) is 11.2. The summed E-state index contributed by atoms with van der Waals surface area (Å²) in [7, 11) is 0. The number of hydrogen-bond donors (Lipinski definition) is 0. The summed E-state index contributed by atoms with van der Waals surface area (Å²) in [5.74, 6) is -0.421. The molecule has 0 aromatic heterocycles. The minimum atomic E-state index is -0.677. The number of esters is 1. The summed E-state index contributed by atoms with van der Waals surface area (Å²) in [5, 5.41) is 0.449. The number of carbonyl (C=O) groups is 2. The normalized spacial score (nSPS) is 11.1. The summed E-state index contributed by atoms with van der Waals surface area (Å²) in [6.07, 6.45) is 0.545. The SMILES string of the molecule is CC(C)(C)C(=O)Oc1c(Cl)cc(Cl)cc1C=O. The van der Waals surface area contributed by atoms with Crippen LogP contribution < -0.4 is 4.74 Å². The van der Waals surface area contributed by atoms with E-state index in [9.17, 15) is 9.59 Å². The largest absolute Gasteiger partial charge is 0.424 e. The third kappa shape index (κ3) is 3.45. The fourth-order valence-corrected chi connectivity index (χ4v) is 1.57. The minimum absolute atomic E-state index is 0.0472. The van der Waals surface area contributed by atoms with Gasteiger partial charge in [0.05, 0.1) is 16.0 Å². The van der Waals surface area contributed by atoms with Gasteiger partial charge in [0.25, 0.3) is 0 Å². The molecule has 1 aromatic rings. The lowest BCUT2D eigenvalue weighted by molar-refractivity contribution is -0.143. The summed E-state index contributed by atoms with van der Waals surface area (Å²) < 4.78 is 5.13. The van der Waals surface area contributed by atoms with Crippen LogP contribution in [-0.2, 0) is 4.79 Å². The number of ether oxygens (including phenoxy) is 1. The van der Waals surface area contributed by atoms with Gasteiger partial charge in [0, 0.05) is 5.02 Å². The number of benzene rings is 1. The van der Waals surface area contributed by atoms with Gasteiger partial charge in [-0.3, -0.25) is 9.59 Å². The lowest BCUT2D eigenvalue weighted by Crippen LogP contribution is -2.26. The number of carbonyl (C=O) groups excluding carboxylic acids is 2. The first-order chi connectivity index (χ1) is 7.75. The highest BCUT2D eigenvalue weighted by molar-refractivity contribution is 6.36. The maximum atomic E-state index is 11.7. The van der Waals surface area contributed by atoms with Gasteiger partial charge in [-0.1, -0.05) is 23.2 Å². The van der Waals surface area contributed by atoms with Gasteiger partial charge in [0.15, 0.2) is 12.0 Å². The first-order valence-corrected chi connectivity index (χ1v) is 5.68. The van der Waals surface area contributed by atoms with Gasteiger partial charge in [-0.05, 0) is 32.9 Å². The van der Waals surface area contributed by atoms with Gasteiger partial charge in [-0.25, -0.2) is 0 Å². The fourth-order valence-electron chi connectivity index (χ4n) is 1.02. The maximum absolute atomic E-state index is 11.7.